The van der Waals surface area contributed by atoms with Crippen molar-refractivity contribution in [1.82, 2.24) is 9.97 Å². The van der Waals surface area contributed by atoms with Crippen molar-refractivity contribution < 1.29 is 0 Å². The summed E-state index contributed by atoms with van der Waals surface area (Å²) in [4.78, 5) is 7.18. The van der Waals surface area contributed by atoms with E-state index in [0.717, 1.165) is 24.5 Å². The molecule has 84 valence electrons. The molecule has 1 aromatic heterocycles. The number of nitrogens with two attached hydrogens (primary N) is 1. The van der Waals surface area contributed by atoms with Crippen LogP contribution in [-0.2, 0) is 6.42 Å². The lowest BCUT2D eigenvalue weighted by Gasteiger charge is -2.08. The van der Waals surface area contributed by atoms with Crippen molar-refractivity contribution in [3.05, 3.63) is 41.4 Å². The standard InChI is InChI=1S/C11H13ClN4/c12-8-1-2-9(13)10(7-8)14-4-3-11-15-5-6-16-11/h1-2,5-7,14H,3-4,13H2,(H,15,16). The fraction of sp³-hybridized carbons (Fsp3) is 0.182. The molecule has 0 unspecified atom stereocenters. The van der Waals surface area contributed by atoms with Gasteiger partial charge in [0, 0.05) is 30.4 Å². The van der Waals surface area contributed by atoms with Gasteiger partial charge in [0.1, 0.15) is 5.82 Å². The van der Waals surface area contributed by atoms with Gasteiger partial charge in [-0.05, 0) is 18.2 Å². The van der Waals surface area contributed by atoms with Gasteiger partial charge in [0.2, 0.25) is 0 Å². The van der Waals surface area contributed by atoms with Crippen molar-refractivity contribution in [1.29, 1.82) is 0 Å². The number of nitrogen functional groups attached to an aromatic ring is 1. The number of aromatic amines is 1. The number of nitrogens with one attached hydrogen (secondary N) is 2. The number of imidazole rings is 1. The molecule has 0 radical (unpaired) electrons. The van der Waals surface area contributed by atoms with Crippen LogP contribution in [0, 0.1) is 0 Å². The summed E-state index contributed by atoms with van der Waals surface area (Å²) in [5.41, 5.74) is 7.36. The van der Waals surface area contributed by atoms with E-state index >= 15 is 0 Å². The maximum Gasteiger partial charge on any atom is 0.107 e. The van der Waals surface area contributed by atoms with Gasteiger partial charge in [0.05, 0.1) is 11.4 Å². The zero-order valence-electron chi connectivity index (χ0n) is 8.70. The highest BCUT2D eigenvalue weighted by molar-refractivity contribution is 6.31. The minimum Gasteiger partial charge on any atom is -0.397 e. The summed E-state index contributed by atoms with van der Waals surface area (Å²) in [5, 5.41) is 3.90. The summed E-state index contributed by atoms with van der Waals surface area (Å²) < 4.78 is 0. The quantitative estimate of drug-likeness (QED) is 0.714. The lowest BCUT2D eigenvalue weighted by molar-refractivity contribution is 0.928. The molecule has 2 aromatic rings. The number of aromatic nitrogens is 2. The number of nitrogens with zero attached hydrogens (tertiary/aromatic N) is 1. The van der Waals surface area contributed by atoms with Crippen molar-refractivity contribution in [2.75, 3.05) is 17.6 Å². The van der Waals surface area contributed by atoms with Crippen LogP contribution in [0.25, 0.3) is 0 Å². The number of hydrogen-bond acceptors (Lipinski definition) is 3. The number of H-pyrrole nitrogens is 1. The highest BCUT2D eigenvalue weighted by Crippen LogP contribution is 2.22. The predicted octanol–water partition coefficient (Wildman–Crippen LogP) is 2.30. The van der Waals surface area contributed by atoms with Crippen molar-refractivity contribution in [3.63, 3.8) is 0 Å². The fourth-order valence-corrected chi connectivity index (χ4v) is 1.60. The van der Waals surface area contributed by atoms with E-state index in [1.165, 1.54) is 0 Å². The largest absolute Gasteiger partial charge is 0.397 e. The van der Waals surface area contributed by atoms with E-state index in [1.54, 1.807) is 18.3 Å². The molecule has 5 heteroatoms. The third-order valence-corrected chi connectivity index (χ3v) is 2.48. The summed E-state index contributed by atoms with van der Waals surface area (Å²) in [7, 11) is 0. The molecule has 4 N–H and O–H groups in total. The smallest absolute Gasteiger partial charge is 0.107 e. The van der Waals surface area contributed by atoms with Gasteiger partial charge in [0.25, 0.3) is 0 Å². The van der Waals surface area contributed by atoms with Gasteiger partial charge in [-0.25, -0.2) is 4.98 Å². The summed E-state index contributed by atoms with van der Waals surface area (Å²) >= 11 is 5.88. The van der Waals surface area contributed by atoms with Gasteiger partial charge in [-0.2, -0.15) is 0 Å². The third-order valence-electron chi connectivity index (χ3n) is 2.25. The van der Waals surface area contributed by atoms with Crippen molar-refractivity contribution in [3.8, 4) is 0 Å². The molecule has 0 fully saturated rings. The molecule has 0 aliphatic carbocycles. The summed E-state index contributed by atoms with van der Waals surface area (Å²) in [6.07, 6.45) is 4.37. The Balaban J connectivity index is 1.92. The molecule has 1 heterocycles. The van der Waals surface area contributed by atoms with E-state index < -0.39 is 0 Å². The van der Waals surface area contributed by atoms with Gasteiger partial charge in [-0.1, -0.05) is 11.6 Å². The summed E-state index contributed by atoms with van der Waals surface area (Å²) in [6.45, 7) is 0.762. The van der Waals surface area contributed by atoms with Crippen molar-refractivity contribution >= 4 is 23.0 Å². The van der Waals surface area contributed by atoms with E-state index in [4.69, 9.17) is 17.3 Å². The first-order valence-corrected chi connectivity index (χ1v) is 5.40. The molecule has 2 rings (SSSR count). The van der Waals surface area contributed by atoms with Gasteiger partial charge in [-0.3, -0.25) is 0 Å². The van der Waals surface area contributed by atoms with Crippen LogP contribution in [0.4, 0.5) is 11.4 Å². The Morgan fingerprint density at radius 2 is 2.31 bits per heavy atom. The minimum absolute atomic E-state index is 0.676. The second kappa shape index (κ2) is 4.90. The zero-order valence-corrected chi connectivity index (χ0v) is 9.46. The van der Waals surface area contributed by atoms with E-state index in [2.05, 4.69) is 15.3 Å². The molecule has 16 heavy (non-hydrogen) atoms. The van der Waals surface area contributed by atoms with Crippen LogP contribution < -0.4 is 11.1 Å². The number of benzene rings is 1. The highest BCUT2D eigenvalue weighted by Gasteiger charge is 2.00. The first-order chi connectivity index (χ1) is 7.75. The number of anilines is 2. The van der Waals surface area contributed by atoms with E-state index in [9.17, 15) is 0 Å². The van der Waals surface area contributed by atoms with Crippen LogP contribution in [0.3, 0.4) is 0 Å². The number of rotatable bonds is 4. The lowest BCUT2D eigenvalue weighted by Crippen LogP contribution is -2.07. The molecule has 1 aromatic carbocycles. The molecule has 0 atom stereocenters. The van der Waals surface area contributed by atoms with Gasteiger partial charge in [-0.15, -0.1) is 0 Å². The molecule has 0 spiro atoms. The van der Waals surface area contributed by atoms with Crippen molar-refractivity contribution in [2.24, 2.45) is 0 Å². The third kappa shape index (κ3) is 2.67. The van der Waals surface area contributed by atoms with Gasteiger partial charge in [0.15, 0.2) is 0 Å². The van der Waals surface area contributed by atoms with Crippen LogP contribution in [0.5, 0.6) is 0 Å². The van der Waals surface area contributed by atoms with Crippen LogP contribution in [-0.4, -0.2) is 16.5 Å². The van der Waals surface area contributed by atoms with Crippen LogP contribution in [0.2, 0.25) is 5.02 Å². The predicted molar refractivity (Wildman–Crippen MR) is 66.6 cm³/mol. The van der Waals surface area contributed by atoms with Crippen LogP contribution in [0.15, 0.2) is 30.6 Å². The minimum atomic E-state index is 0.676. The maximum atomic E-state index is 5.88. The molecule has 0 saturated carbocycles. The Hall–Kier alpha value is -1.68. The molecule has 0 amide bonds. The Labute approximate surface area is 98.8 Å². The van der Waals surface area contributed by atoms with Gasteiger partial charge < -0.3 is 16.0 Å². The Kier molecular flexibility index (Phi) is 3.31. The van der Waals surface area contributed by atoms with Crippen LogP contribution >= 0.6 is 11.6 Å². The molecule has 0 bridgehead atoms. The monoisotopic (exact) mass is 236 g/mol. The second-order valence-corrected chi connectivity index (χ2v) is 3.88. The van der Waals surface area contributed by atoms with Crippen LogP contribution in [0.1, 0.15) is 5.82 Å². The van der Waals surface area contributed by atoms with E-state index in [1.807, 2.05) is 12.3 Å². The van der Waals surface area contributed by atoms with E-state index in [-0.39, 0.29) is 0 Å². The van der Waals surface area contributed by atoms with Crippen molar-refractivity contribution in [2.45, 2.75) is 6.42 Å². The Morgan fingerprint density at radius 1 is 1.44 bits per heavy atom. The summed E-state index contributed by atoms with van der Waals surface area (Å²) in [5.74, 6) is 0.952. The molecule has 4 nitrogen and oxygen atoms in total. The average molecular weight is 237 g/mol. The summed E-state index contributed by atoms with van der Waals surface area (Å²) in [6, 6.07) is 5.38. The average Bonchev–Trinajstić information content (AvgIpc) is 2.76. The lowest BCUT2D eigenvalue weighted by atomic mass is 10.2. The van der Waals surface area contributed by atoms with Gasteiger partial charge >= 0.3 is 0 Å². The number of halogens is 1. The second-order valence-electron chi connectivity index (χ2n) is 3.44. The molecular formula is C11H13ClN4. The maximum absolute atomic E-state index is 5.88. The Morgan fingerprint density at radius 3 is 3.06 bits per heavy atom. The van der Waals surface area contributed by atoms with E-state index in [0.29, 0.717) is 10.7 Å². The SMILES string of the molecule is Nc1ccc(Cl)cc1NCCc1ncc[nH]1. The molecule has 0 aliphatic heterocycles. The molecule has 0 aliphatic rings. The normalized spacial score (nSPS) is 10.3. The molecule has 0 saturated heterocycles. The number of hydrogen-bond donors (Lipinski definition) is 3. The molecular weight excluding hydrogens is 224 g/mol. The first kappa shape index (κ1) is 10.8. The topological polar surface area (TPSA) is 66.7 Å². The first-order valence-electron chi connectivity index (χ1n) is 5.03. The Bertz CT molecular complexity index is 453. The highest BCUT2D eigenvalue weighted by atomic mass is 35.5. The fourth-order valence-electron chi connectivity index (χ4n) is 1.43. The zero-order chi connectivity index (χ0) is 11.4.